The van der Waals surface area contributed by atoms with Gasteiger partial charge in [-0.1, -0.05) is 37.1 Å². The predicted octanol–water partition coefficient (Wildman–Crippen LogP) is 2.79. The van der Waals surface area contributed by atoms with Crippen LogP contribution in [0.5, 0.6) is 0 Å². The Labute approximate surface area is 160 Å². The molecule has 8 heteroatoms. The van der Waals surface area contributed by atoms with E-state index in [9.17, 15) is 9.59 Å². The molecule has 7 nitrogen and oxygen atoms in total. The number of aromatic nitrogens is 4. The Bertz CT molecular complexity index is 1040. The van der Waals surface area contributed by atoms with Gasteiger partial charge in [-0.15, -0.1) is 16.4 Å². The molecule has 1 atom stereocenters. The molecule has 140 valence electrons. The number of carbonyl (C=O) groups excluding carboxylic acids is 1. The molecule has 1 aliphatic rings. The molecule has 2 heterocycles. The number of aryl methyl sites for hydroxylation is 1. The van der Waals surface area contributed by atoms with E-state index < -0.39 is 0 Å². The lowest BCUT2D eigenvalue weighted by Gasteiger charge is -2.19. The van der Waals surface area contributed by atoms with Gasteiger partial charge < -0.3 is 5.32 Å². The Balaban J connectivity index is 1.46. The van der Waals surface area contributed by atoms with Crippen molar-refractivity contribution in [1.82, 2.24) is 20.0 Å². The quantitative estimate of drug-likeness (QED) is 0.732. The first-order chi connectivity index (χ1) is 13.1. The van der Waals surface area contributed by atoms with E-state index in [2.05, 4.69) is 27.5 Å². The summed E-state index contributed by atoms with van der Waals surface area (Å²) in [6.07, 6.45) is 5.63. The van der Waals surface area contributed by atoms with Gasteiger partial charge in [-0.25, -0.2) is 9.67 Å². The highest BCUT2D eigenvalue weighted by atomic mass is 32.1. The van der Waals surface area contributed by atoms with Crippen LogP contribution >= 0.6 is 11.3 Å². The summed E-state index contributed by atoms with van der Waals surface area (Å²) in [4.78, 5) is 30.7. The molecule has 1 aliphatic carbocycles. The SMILES string of the molecule is CCCC1CCc2nc(NC(=O)Cn3nnc4ccccc4c3=O)sc2C1. The summed E-state index contributed by atoms with van der Waals surface area (Å²) in [6, 6.07) is 6.97. The van der Waals surface area contributed by atoms with Crippen LogP contribution in [-0.2, 0) is 24.2 Å². The first kappa shape index (κ1) is 17.8. The maximum absolute atomic E-state index is 12.4. The second-order valence-electron chi connectivity index (χ2n) is 6.90. The number of fused-ring (bicyclic) bond motifs is 2. The number of nitrogens with one attached hydrogen (secondary N) is 1. The lowest BCUT2D eigenvalue weighted by atomic mass is 9.88. The molecule has 0 saturated carbocycles. The number of nitrogens with zero attached hydrogens (tertiary/aromatic N) is 4. The number of benzene rings is 1. The van der Waals surface area contributed by atoms with E-state index in [1.54, 1.807) is 35.6 Å². The molecule has 1 amide bonds. The summed E-state index contributed by atoms with van der Waals surface area (Å²) >= 11 is 1.54. The summed E-state index contributed by atoms with van der Waals surface area (Å²) in [7, 11) is 0. The Kier molecular flexibility index (Phi) is 4.98. The molecule has 3 aromatic rings. The van der Waals surface area contributed by atoms with E-state index in [-0.39, 0.29) is 18.0 Å². The molecule has 0 spiro atoms. The first-order valence-electron chi connectivity index (χ1n) is 9.25. The van der Waals surface area contributed by atoms with Gasteiger partial charge in [0.15, 0.2) is 5.13 Å². The van der Waals surface area contributed by atoms with Gasteiger partial charge in [0.25, 0.3) is 5.56 Å². The molecule has 0 bridgehead atoms. The number of hydrogen-bond donors (Lipinski definition) is 1. The van der Waals surface area contributed by atoms with E-state index in [1.165, 1.54) is 24.1 Å². The van der Waals surface area contributed by atoms with Crippen LogP contribution in [0.1, 0.15) is 36.8 Å². The second kappa shape index (κ2) is 7.56. The minimum atomic E-state index is -0.323. The smallest absolute Gasteiger partial charge is 0.278 e. The highest BCUT2D eigenvalue weighted by Gasteiger charge is 2.22. The van der Waals surface area contributed by atoms with Crippen LogP contribution in [0.4, 0.5) is 5.13 Å². The van der Waals surface area contributed by atoms with Crippen LogP contribution in [0.3, 0.4) is 0 Å². The summed E-state index contributed by atoms with van der Waals surface area (Å²) < 4.78 is 1.09. The summed E-state index contributed by atoms with van der Waals surface area (Å²) in [5.41, 5.74) is 1.30. The van der Waals surface area contributed by atoms with Crippen molar-refractivity contribution in [3.05, 3.63) is 45.2 Å². The van der Waals surface area contributed by atoms with Crippen molar-refractivity contribution in [2.24, 2.45) is 5.92 Å². The standard InChI is InChI=1S/C19H21N5O2S/c1-2-5-12-8-9-15-16(10-12)27-19(20-15)21-17(25)11-24-18(26)13-6-3-4-7-14(13)22-23-24/h3-4,6-7,12H,2,5,8-11H2,1H3,(H,20,21,25). The number of amides is 1. The number of rotatable bonds is 5. The molecular formula is C19H21N5O2S. The minimum Gasteiger partial charge on any atom is -0.300 e. The summed E-state index contributed by atoms with van der Waals surface area (Å²) in [6.45, 7) is 2.03. The number of carbonyl (C=O) groups is 1. The van der Waals surface area contributed by atoms with E-state index in [0.29, 0.717) is 16.0 Å². The van der Waals surface area contributed by atoms with Crippen molar-refractivity contribution in [3.8, 4) is 0 Å². The molecule has 0 saturated heterocycles. The van der Waals surface area contributed by atoms with Crippen LogP contribution < -0.4 is 10.9 Å². The molecule has 1 aromatic carbocycles. The first-order valence-corrected chi connectivity index (χ1v) is 10.1. The maximum Gasteiger partial charge on any atom is 0.278 e. The van der Waals surface area contributed by atoms with E-state index >= 15 is 0 Å². The second-order valence-corrected chi connectivity index (χ2v) is 7.99. The molecule has 0 aliphatic heterocycles. The zero-order valence-corrected chi connectivity index (χ0v) is 16.0. The average molecular weight is 383 g/mol. The van der Waals surface area contributed by atoms with Crippen molar-refractivity contribution in [3.63, 3.8) is 0 Å². The third kappa shape index (κ3) is 3.75. The third-order valence-corrected chi connectivity index (χ3v) is 5.94. The molecule has 1 unspecified atom stereocenters. The Morgan fingerprint density at radius 1 is 1.37 bits per heavy atom. The van der Waals surface area contributed by atoms with Gasteiger partial charge in [0.05, 0.1) is 11.1 Å². The van der Waals surface area contributed by atoms with Crippen molar-refractivity contribution < 1.29 is 4.79 Å². The molecule has 1 N–H and O–H groups in total. The van der Waals surface area contributed by atoms with Crippen LogP contribution in [0.2, 0.25) is 0 Å². The largest absolute Gasteiger partial charge is 0.300 e. The van der Waals surface area contributed by atoms with Crippen molar-refractivity contribution in [2.45, 2.75) is 45.6 Å². The number of thiazole rings is 1. The fourth-order valence-electron chi connectivity index (χ4n) is 3.57. The van der Waals surface area contributed by atoms with Crippen LogP contribution in [0, 0.1) is 5.92 Å². The zero-order chi connectivity index (χ0) is 18.8. The van der Waals surface area contributed by atoms with Gasteiger partial charge in [-0.05, 0) is 37.3 Å². The highest BCUT2D eigenvalue weighted by Crippen LogP contribution is 2.34. The van der Waals surface area contributed by atoms with Crippen molar-refractivity contribution in [1.29, 1.82) is 0 Å². The number of hydrogen-bond acceptors (Lipinski definition) is 6. The molecule has 2 aromatic heterocycles. The maximum atomic E-state index is 12.4. The van der Waals surface area contributed by atoms with Gasteiger partial charge >= 0.3 is 0 Å². The zero-order valence-electron chi connectivity index (χ0n) is 15.1. The Hall–Kier alpha value is -2.61. The summed E-state index contributed by atoms with van der Waals surface area (Å²) in [5, 5.41) is 11.7. The van der Waals surface area contributed by atoms with Gasteiger partial charge in [-0.2, -0.15) is 0 Å². The molecule has 0 radical (unpaired) electrons. The fraction of sp³-hybridized carbons (Fsp3) is 0.421. The monoisotopic (exact) mass is 383 g/mol. The highest BCUT2D eigenvalue weighted by molar-refractivity contribution is 7.15. The third-order valence-electron chi connectivity index (χ3n) is 4.91. The van der Waals surface area contributed by atoms with Crippen LogP contribution in [0.25, 0.3) is 10.9 Å². The predicted molar refractivity (Wildman–Crippen MR) is 105 cm³/mol. The van der Waals surface area contributed by atoms with Gasteiger partial charge in [-0.3, -0.25) is 9.59 Å². The van der Waals surface area contributed by atoms with Crippen molar-refractivity contribution in [2.75, 3.05) is 5.32 Å². The van der Waals surface area contributed by atoms with E-state index in [1.807, 2.05) is 0 Å². The summed E-state index contributed by atoms with van der Waals surface area (Å²) in [5.74, 6) is 0.399. The Morgan fingerprint density at radius 3 is 3.07 bits per heavy atom. The minimum absolute atomic E-state index is 0.181. The molecule has 0 fully saturated rings. The topological polar surface area (TPSA) is 89.8 Å². The van der Waals surface area contributed by atoms with Gasteiger partial charge in [0.2, 0.25) is 5.91 Å². The Morgan fingerprint density at radius 2 is 2.22 bits per heavy atom. The number of anilines is 1. The fourth-order valence-corrected chi connectivity index (χ4v) is 4.71. The molecule has 27 heavy (non-hydrogen) atoms. The van der Waals surface area contributed by atoms with Crippen LogP contribution in [-0.4, -0.2) is 25.9 Å². The van der Waals surface area contributed by atoms with E-state index in [0.717, 1.165) is 29.1 Å². The van der Waals surface area contributed by atoms with Gasteiger partial charge in [0, 0.05) is 4.88 Å². The lowest BCUT2D eigenvalue weighted by Crippen LogP contribution is -2.30. The van der Waals surface area contributed by atoms with Crippen LogP contribution in [0.15, 0.2) is 29.1 Å². The molecular weight excluding hydrogens is 362 g/mol. The average Bonchev–Trinajstić information content (AvgIpc) is 3.06. The van der Waals surface area contributed by atoms with Gasteiger partial charge in [0.1, 0.15) is 12.1 Å². The van der Waals surface area contributed by atoms with E-state index in [4.69, 9.17) is 0 Å². The van der Waals surface area contributed by atoms with Crippen molar-refractivity contribution >= 4 is 33.3 Å². The molecule has 4 rings (SSSR count). The lowest BCUT2D eigenvalue weighted by molar-refractivity contribution is -0.117. The normalized spacial score (nSPS) is 16.3.